The maximum absolute atomic E-state index is 6.13. The Balaban J connectivity index is 2.49. The van der Waals surface area contributed by atoms with Crippen LogP contribution in [0.4, 0.5) is 11.4 Å². The summed E-state index contributed by atoms with van der Waals surface area (Å²) in [6.45, 7) is 1.03. The predicted molar refractivity (Wildman–Crippen MR) is 58.0 cm³/mol. The van der Waals surface area contributed by atoms with Crippen LogP contribution in [-0.4, -0.2) is 20.6 Å². The fourth-order valence-corrected chi connectivity index (χ4v) is 2.00. The Morgan fingerprint density at radius 3 is 2.85 bits per heavy atom. The molecule has 2 nitrogen and oxygen atoms in total. The van der Waals surface area contributed by atoms with E-state index in [1.165, 1.54) is 11.3 Å². The number of benzene rings is 1. The zero-order valence-electron chi connectivity index (χ0n) is 7.89. The molecule has 1 aliphatic rings. The first-order chi connectivity index (χ1) is 6.18. The third kappa shape index (κ3) is 1.46. The molecule has 3 heteroatoms. The van der Waals surface area contributed by atoms with Crippen LogP contribution in [-0.2, 0) is 6.42 Å². The highest BCUT2D eigenvalue weighted by molar-refractivity contribution is 6.33. The largest absolute Gasteiger partial charge is 0.384 e. The molecule has 13 heavy (non-hydrogen) atoms. The third-order valence-corrected chi connectivity index (χ3v) is 2.67. The smallest absolute Gasteiger partial charge is 0.0643 e. The van der Waals surface area contributed by atoms with E-state index in [0.29, 0.717) is 0 Å². The molecule has 0 aliphatic carbocycles. The Morgan fingerprint density at radius 2 is 2.15 bits per heavy atom. The standard InChI is InChI=1S/C10H13ClN2/c1-13(2)10-6-9-7(3-4-12-9)5-8(10)11/h5-6,12H,3-4H2,1-2H3. The zero-order chi connectivity index (χ0) is 9.42. The van der Waals surface area contributed by atoms with Gasteiger partial charge in [-0.05, 0) is 24.1 Å². The molecular formula is C10H13ClN2. The van der Waals surface area contributed by atoms with E-state index in [1.54, 1.807) is 0 Å². The fourth-order valence-electron chi connectivity index (χ4n) is 1.65. The lowest BCUT2D eigenvalue weighted by Gasteiger charge is -2.15. The van der Waals surface area contributed by atoms with Crippen molar-refractivity contribution in [2.45, 2.75) is 6.42 Å². The fraction of sp³-hybridized carbons (Fsp3) is 0.400. The average Bonchev–Trinajstić information content (AvgIpc) is 2.48. The van der Waals surface area contributed by atoms with E-state index in [-0.39, 0.29) is 0 Å². The molecule has 0 unspecified atom stereocenters. The lowest BCUT2D eigenvalue weighted by Crippen LogP contribution is -2.09. The van der Waals surface area contributed by atoms with Gasteiger partial charge in [-0.3, -0.25) is 0 Å². The Hall–Kier alpha value is -0.890. The molecule has 0 aromatic heterocycles. The van der Waals surface area contributed by atoms with Crippen molar-refractivity contribution in [2.24, 2.45) is 0 Å². The summed E-state index contributed by atoms with van der Waals surface area (Å²) in [5.41, 5.74) is 3.64. The number of halogens is 1. The minimum Gasteiger partial charge on any atom is -0.384 e. The molecule has 0 fully saturated rings. The van der Waals surface area contributed by atoms with Gasteiger partial charge in [0.15, 0.2) is 0 Å². The second kappa shape index (κ2) is 3.11. The molecule has 0 saturated carbocycles. The summed E-state index contributed by atoms with van der Waals surface area (Å²) < 4.78 is 0. The van der Waals surface area contributed by atoms with Gasteiger partial charge in [-0.2, -0.15) is 0 Å². The van der Waals surface area contributed by atoms with Crippen molar-refractivity contribution in [1.82, 2.24) is 0 Å². The monoisotopic (exact) mass is 196 g/mol. The van der Waals surface area contributed by atoms with E-state index >= 15 is 0 Å². The van der Waals surface area contributed by atoms with Crippen molar-refractivity contribution < 1.29 is 0 Å². The molecule has 1 aromatic carbocycles. The number of fused-ring (bicyclic) bond motifs is 1. The van der Waals surface area contributed by atoms with E-state index in [1.807, 2.05) is 19.0 Å². The average molecular weight is 197 g/mol. The number of hydrogen-bond acceptors (Lipinski definition) is 2. The molecule has 1 heterocycles. The Kier molecular flexibility index (Phi) is 2.08. The van der Waals surface area contributed by atoms with Gasteiger partial charge in [0.05, 0.1) is 10.7 Å². The highest BCUT2D eigenvalue weighted by Crippen LogP contribution is 2.33. The van der Waals surface area contributed by atoms with Crippen molar-refractivity contribution in [3.8, 4) is 0 Å². The van der Waals surface area contributed by atoms with Crippen molar-refractivity contribution in [3.63, 3.8) is 0 Å². The van der Waals surface area contributed by atoms with Crippen molar-refractivity contribution in [2.75, 3.05) is 30.9 Å². The van der Waals surface area contributed by atoms with E-state index in [0.717, 1.165) is 23.7 Å². The van der Waals surface area contributed by atoms with Crippen LogP contribution in [0.25, 0.3) is 0 Å². The highest BCUT2D eigenvalue weighted by atomic mass is 35.5. The van der Waals surface area contributed by atoms with Crippen LogP contribution in [0.2, 0.25) is 5.02 Å². The molecule has 0 bridgehead atoms. The zero-order valence-corrected chi connectivity index (χ0v) is 8.65. The summed E-state index contributed by atoms with van der Waals surface area (Å²) in [7, 11) is 4.01. The Labute approximate surface area is 83.5 Å². The number of anilines is 2. The number of nitrogens with zero attached hydrogens (tertiary/aromatic N) is 1. The van der Waals surface area contributed by atoms with Gasteiger partial charge in [-0.25, -0.2) is 0 Å². The number of rotatable bonds is 1. The van der Waals surface area contributed by atoms with Crippen molar-refractivity contribution in [1.29, 1.82) is 0 Å². The van der Waals surface area contributed by atoms with Gasteiger partial charge in [-0.1, -0.05) is 11.6 Å². The van der Waals surface area contributed by atoms with Crippen molar-refractivity contribution >= 4 is 23.0 Å². The summed E-state index contributed by atoms with van der Waals surface area (Å²) in [4.78, 5) is 2.03. The van der Waals surface area contributed by atoms with Crippen LogP contribution in [0.3, 0.4) is 0 Å². The summed E-state index contributed by atoms with van der Waals surface area (Å²) in [5.74, 6) is 0. The molecular weight excluding hydrogens is 184 g/mol. The number of hydrogen-bond donors (Lipinski definition) is 1. The van der Waals surface area contributed by atoms with E-state index in [2.05, 4.69) is 17.4 Å². The molecule has 0 saturated heterocycles. The first-order valence-corrected chi connectivity index (χ1v) is 4.80. The lowest BCUT2D eigenvalue weighted by molar-refractivity contribution is 1.10. The Morgan fingerprint density at radius 1 is 1.38 bits per heavy atom. The molecule has 1 aliphatic heterocycles. The SMILES string of the molecule is CN(C)c1cc2c(cc1Cl)CCN2. The number of nitrogens with one attached hydrogen (secondary N) is 1. The molecule has 0 amide bonds. The van der Waals surface area contributed by atoms with Gasteiger partial charge in [0.25, 0.3) is 0 Å². The van der Waals surface area contributed by atoms with Gasteiger partial charge < -0.3 is 10.2 Å². The third-order valence-electron chi connectivity index (χ3n) is 2.36. The summed E-state index contributed by atoms with van der Waals surface area (Å²) >= 11 is 6.13. The van der Waals surface area contributed by atoms with Gasteiger partial charge in [-0.15, -0.1) is 0 Å². The molecule has 0 atom stereocenters. The maximum atomic E-state index is 6.13. The van der Waals surface area contributed by atoms with Crippen LogP contribution in [0.1, 0.15) is 5.56 Å². The van der Waals surface area contributed by atoms with Crippen LogP contribution in [0.15, 0.2) is 12.1 Å². The summed E-state index contributed by atoms with van der Waals surface area (Å²) in [6.07, 6.45) is 1.09. The van der Waals surface area contributed by atoms with Crippen LogP contribution < -0.4 is 10.2 Å². The van der Waals surface area contributed by atoms with Crippen LogP contribution in [0, 0.1) is 0 Å². The second-order valence-corrected chi connectivity index (χ2v) is 3.94. The minimum atomic E-state index is 0.840. The van der Waals surface area contributed by atoms with E-state index in [4.69, 9.17) is 11.6 Å². The predicted octanol–water partition coefficient (Wildman–Crippen LogP) is 2.37. The highest BCUT2D eigenvalue weighted by Gasteiger charge is 2.13. The quantitative estimate of drug-likeness (QED) is 0.742. The van der Waals surface area contributed by atoms with Crippen molar-refractivity contribution in [3.05, 3.63) is 22.7 Å². The minimum absolute atomic E-state index is 0.840. The maximum Gasteiger partial charge on any atom is 0.0643 e. The first-order valence-electron chi connectivity index (χ1n) is 4.42. The lowest BCUT2D eigenvalue weighted by atomic mass is 10.1. The van der Waals surface area contributed by atoms with Crippen LogP contribution in [0.5, 0.6) is 0 Å². The molecule has 0 spiro atoms. The molecule has 1 N–H and O–H groups in total. The molecule has 2 rings (SSSR count). The second-order valence-electron chi connectivity index (χ2n) is 3.53. The summed E-state index contributed by atoms with van der Waals surface area (Å²) in [5, 5.41) is 4.18. The van der Waals surface area contributed by atoms with Crippen LogP contribution >= 0.6 is 11.6 Å². The van der Waals surface area contributed by atoms with Gasteiger partial charge >= 0.3 is 0 Å². The van der Waals surface area contributed by atoms with Gasteiger partial charge in [0.2, 0.25) is 0 Å². The van der Waals surface area contributed by atoms with Gasteiger partial charge in [0, 0.05) is 26.3 Å². The summed E-state index contributed by atoms with van der Waals surface area (Å²) in [6, 6.07) is 4.18. The normalized spacial score (nSPS) is 13.8. The van der Waals surface area contributed by atoms with E-state index < -0.39 is 0 Å². The van der Waals surface area contributed by atoms with Gasteiger partial charge in [0.1, 0.15) is 0 Å². The molecule has 1 aromatic rings. The first kappa shape index (κ1) is 8.70. The topological polar surface area (TPSA) is 15.3 Å². The molecule has 70 valence electrons. The van der Waals surface area contributed by atoms with E-state index in [9.17, 15) is 0 Å². The molecule has 0 radical (unpaired) electrons. The Bertz CT molecular complexity index is 334.